The van der Waals surface area contributed by atoms with E-state index in [1.54, 1.807) is 0 Å². The summed E-state index contributed by atoms with van der Waals surface area (Å²) in [5, 5.41) is 0. The SMILES string of the molecule is NC(Br)=N/C(C=O)=[NH+]/C1CCCCO1. The van der Waals surface area contributed by atoms with Crippen LogP contribution in [0.1, 0.15) is 19.3 Å². The number of hydrogen-bond acceptors (Lipinski definition) is 2. The highest BCUT2D eigenvalue weighted by Crippen LogP contribution is 2.06. The molecule has 1 aliphatic rings. The zero-order valence-corrected chi connectivity index (χ0v) is 9.29. The molecule has 0 aromatic carbocycles. The summed E-state index contributed by atoms with van der Waals surface area (Å²) >= 11 is 2.95. The highest BCUT2D eigenvalue weighted by molar-refractivity contribution is 9.18. The summed E-state index contributed by atoms with van der Waals surface area (Å²) in [6.07, 6.45) is 3.54. The van der Waals surface area contributed by atoms with Crippen LogP contribution < -0.4 is 10.7 Å². The highest BCUT2D eigenvalue weighted by Gasteiger charge is 2.17. The van der Waals surface area contributed by atoms with E-state index in [9.17, 15) is 4.79 Å². The third-order valence-corrected chi connectivity index (χ3v) is 2.00. The highest BCUT2D eigenvalue weighted by atomic mass is 79.9. The normalized spacial score (nSPS) is 24.8. The number of aliphatic imine (C=N–C) groups is 1. The van der Waals surface area contributed by atoms with Crippen molar-refractivity contribution in [2.24, 2.45) is 10.7 Å². The van der Waals surface area contributed by atoms with Crippen molar-refractivity contribution in [1.82, 2.24) is 0 Å². The molecule has 0 aromatic rings. The topological polar surface area (TPSA) is 78.7 Å². The first-order valence-electron chi connectivity index (χ1n) is 4.42. The monoisotopic (exact) mass is 262 g/mol. The second-order valence-corrected chi connectivity index (χ2v) is 3.75. The van der Waals surface area contributed by atoms with Gasteiger partial charge in [-0.1, -0.05) is 0 Å². The minimum absolute atomic E-state index is 0.125. The third kappa shape index (κ3) is 3.97. The average molecular weight is 263 g/mol. The zero-order chi connectivity index (χ0) is 10.4. The Labute approximate surface area is 90.6 Å². The van der Waals surface area contributed by atoms with Gasteiger partial charge in [-0.05, 0) is 17.8 Å². The fourth-order valence-electron chi connectivity index (χ4n) is 1.23. The van der Waals surface area contributed by atoms with Gasteiger partial charge in [-0.25, -0.2) is 4.99 Å². The maximum Gasteiger partial charge on any atom is 0.361 e. The summed E-state index contributed by atoms with van der Waals surface area (Å²) in [5.41, 5.74) is 5.28. The molecule has 3 N–H and O–H groups in total. The number of aldehydes is 1. The Morgan fingerprint density at radius 2 is 2.43 bits per heavy atom. The van der Waals surface area contributed by atoms with Crippen molar-refractivity contribution in [2.75, 3.05) is 6.61 Å². The fourth-order valence-corrected chi connectivity index (χ4v) is 1.42. The number of rotatable bonds is 2. The Bertz CT molecular complexity index is 255. The number of nitrogens with two attached hydrogens (primary N) is 1. The van der Waals surface area contributed by atoms with E-state index < -0.39 is 0 Å². The number of amidine groups is 2. The molecule has 0 radical (unpaired) electrons. The summed E-state index contributed by atoms with van der Waals surface area (Å²) < 4.78 is 5.54. The van der Waals surface area contributed by atoms with Crippen LogP contribution in [0.3, 0.4) is 0 Å². The van der Waals surface area contributed by atoms with Gasteiger partial charge in [0.05, 0.1) is 6.61 Å². The van der Waals surface area contributed by atoms with Crippen molar-refractivity contribution in [3.63, 3.8) is 0 Å². The molecular formula is C8H13BrN3O2+. The lowest BCUT2D eigenvalue weighted by Crippen LogP contribution is -2.81. The van der Waals surface area contributed by atoms with Crippen LogP contribution >= 0.6 is 15.9 Å². The third-order valence-electron chi connectivity index (χ3n) is 1.83. The lowest BCUT2D eigenvalue weighted by Gasteiger charge is -2.16. The second kappa shape index (κ2) is 5.87. The van der Waals surface area contributed by atoms with Crippen LogP contribution in [0.25, 0.3) is 0 Å². The summed E-state index contributed by atoms with van der Waals surface area (Å²) in [6.45, 7) is 0.720. The van der Waals surface area contributed by atoms with Crippen molar-refractivity contribution >= 4 is 32.8 Å². The molecule has 0 aliphatic carbocycles. The molecule has 1 rings (SSSR count). The smallest absolute Gasteiger partial charge is 0.357 e. The van der Waals surface area contributed by atoms with Crippen LogP contribution in [0.4, 0.5) is 0 Å². The van der Waals surface area contributed by atoms with Crippen LogP contribution in [0, 0.1) is 0 Å². The number of ether oxygens (including phenoxy) is 1. The Kier molecular flexibility index (Phi) is 4.75. The van der Waals surface area contributed by atoms with Gasteiger partial charge in [-0.15, -0.1) is 0 Å². The van der Waals surface area contributed by atoms with Crippen LogP contribution in [0.15, 0.2) is 4.99 Å². The van der Waals surface area contributed by atoms with E-state index in [1.165, 1.54) is 0 Å². The van der Waals surface area contributed by atoms with Gasteiger partial charge in [-0.2, -0.15) is 0 Å². The predicted octanol–water partition coefficient (Wildman–Crippen LogP) is -1.10. The molecule has 0 spiro atoms. The number of carbonyl (C=O) groups is 1. The van der Waals surface area contributed by atoms with Crippen molar-refractivity contribution in [3.8, 4) is 0 Å². The molecule has 6 heteroatoms. The molecule has 1 aliphatic heterocycles. The van der Waals surface area contributed by atoms with Gasteiger partial charge >= 0.3 is 5.84 Å². The number of nitrogens with one attached hydrogen (secondary N) is 1. The number of carbonyl (C=O) groups excluding carboxylic acids is 1. The van der Waals surface area contributed by atoms with Gasteiger partial charge < -0.3 is 10.5 Å². The van der Waals surface area contributed by atoms with E-state index in [4.69, 9.17) is 10.5 Å². The molecule has 5 nitrogen and oxygen atoms in total. The first-order valence-corrected chi connectivity index (χ1v) is 5.21. The lowest BCUT2D eigenvalue weighted by molar-refractivity contribution is -0.566. The number of hydrogen-bond donors (Lipinski definition) is 2. The van der Waals surface area contributed by atoms with E-state index >= 15 is 0 Å². The van der Waals surface area contributed by atoms with E-state index in [-0.39, 0.29) is 16.8 Å². The van der Waals surface area contributed by atoms with Gasteiger partial charge in [-0.3, -0.25) is 4.79 Å². The quantitative estimate of drug-likeness (QED) is 0.287. The molecular weight excluding hydrogens is 250 g/mol. The maximum absolute atomic E-state index is 10.6. The molecule has 1 atom stereocenters. The Morgan fingerprint density at radius 3 is 2.93 bits per heavy atom. The average Bonchev–Trinajstić information content (AvgIpc) is 2.17. The second-order valence-electron chi connectivity index (χ2n) is 2.94. The Morgan fingerprint density at radius 1 is 1.64 bits per heavy atom. The van der Waals surface area contributed by atoms with Crippen LogP contribution in [0.5, 0.6) is 0 Å². The molecule has 78 valence electrons. The minimum atomic E-state index is -0.125. The van der Waals surface area contributed by atoms with Crippen LogP contribution in [0.2, 0.25) is 0 Å². The molecule has 14 heavy (non-hydrogen) atoms. The molecule has 1 unspecified atom stereocenters. The first kappa shape index (κ1) is 11.3. The van der Waals surface area contributed by atoms with Gasteiger partial charge in [0.25, 0.3) is 4.74 Å². The largest absolute Gasteiger partial charge is 0.361 e. The summed E-state index contributed by atoms with van der Waals surface area (Å²) in [5.74, 6) is 0.186. The number of nitrogens with zero attached hydrogens (tertiary/aromatic N) is 1. The van der Waals surface area contributed by atoms with E-state index in [2.05, 4.69) is 25.9 Å². The van der Waals surface area contributed by atoms with Crippen LogP contribution in [-0.2, 0) is 9.53 Å². The lowest BCUT2D eigenvalue weighted by atomic mass is 10.2. The predicted molar refractivity (Wildman–Crippen MR) is 56.2 cm³/mol. The van der Waals surface area contributed by atoms with Gasteiger partial charge in [0.2, 0.25) is 6.29 Å². The summed E-state index contributed by atoms with van der Waals surface area (Å²) in [6, 6.07) is 0. The molecule has 0 amide bonds. The van der Waals surface area contributed by atoms with Crippen LogP contribution in [-0.4, -0.2) is 29.7 Å². The summed E-state index contributed by atoms with van der Waals surface area (Å²) in [7, 11) is 0. The van der Waals surface area contributed by atoms with Gasteiger partial charge in [0.1, 0.15) is 0 Å². The first-order chi connectivity index (χ1) is 6.72. The zero-order valence-electron chi connectivity index (χ0n) is 7.70. The van der Waals surface area contributed by atoms with Crippen molar-refractivity contribution in [2.45, 2.75) is 25.5 Å². The van der Waals surface area contributed by atoms with Crippen molar-refractivity contribution < 1.29 is 14.5 Å². The molecule has 1 saturated heterocycles. The van der Waals surface area contributed by atoms with Crippen molar-refractivity contribution in [3.05, 3.63) is 0 Å². The molecule has 0 saturated carbocycles. The summed E-state index contributed by atoms with van der Waals surface area (Å²) in [4.78, 5) is 17.2. The van der Waals surface area contributed by atoms with E-state index in [0.29, 0.717) is 6.29 Å². The molecule has 0 bridgehead atoms. The Hall–Kier alpha value is -0.750. The molecule has 1 fully saturated rings. The minimum Gasteiger partial charge on any atom is -0.357 e. The van der Waals surface area contributed by atoms with E-state index in [1.807, 2.05) is 0 Å². The van der Waals surface area contributed by atoms with Gasteiger partial charge in [0.15, 0.2) is 6.23 Å². The van der Waals surface area contributed by atoms with Crippen molar-refractivity contribution in [1.29, 1.82) is 0 Å². The molecule has 0 aromatic heterocycles. The van der Waals surface area contributed by atoms with E-state index in [0.717, 1.165) is 25.9 Å². The fraction of sp³-hybridized carbons (Fsp3) is 0.625. The maximum atomic E-state index is 10.6. The number of halogens is 1. The standard InChI is InChI=1S/C8H12BrN3O2/c9-8(10)12-6(5-13)11-7-3-1-2-4-14-7/h5,7H,1-4H2,(H2,10,11,12)/p+1. The molecule has 1 heterocycles. The Balaban J connectivity index is 2.61. The van der Waals surface area contributed by atoms with Gasteiger partial charge in [0, 0.05) is 22.4 Å².